The van der Waals surface area contributed by atoms with Gasteiger partial charge in [0.2, 0.25) is 0 Å². The molecule has 21 heavy (non-hydrogen) atoms. The van der Waals surface area contributed by atoms with Gasteiger partial charge in [-0.1, -0.05) is 6.07 Å². The van der Waals surface area contributed by atoms with Crippen molar-refractivity contribution in [3.8, 4) is 11.5 Å². The lowest BCUT2D eigenvalue weighted by molar-refractivity contribution is -0.140. The number of nitrogens with one attached hydrogen (secondary N) is 1. The number of rotatable bonds is 4. The maximum Gasteiger partial charge on any atom is 0.329 e. The Hall–Kier alpha value is -3.03. The highest BCUT2D eigenvalue weighted by molar-refractivity contribution is 6.15. The number of hydrogen-bond donors (Lipinski definition) is 3. The number of aromatic hydroxyl groups is 1. The van der Waals surface area contributed by atoms with Crippen molar-refractivity contribution in [1.82, 2.24) is 10.2 Å². The zero-order valence-electron chi connectivity index (χ0n) is 11.0. The summed E-state index contributed by atoms with van der Waals surface area (Å²) in [6.45, 7) is -0.712. The Bertz CT molecular complexity index is 652. The number of nitrogens with zero attached hydrogens (tertiary/aromatic N) is 1. The summed E-state index contributed by atoms with van der Waals surface area (Å²) in [5.74, 6) is -1.88. The molecule has 0 radical (unpaired) electrons. The lowest BCUT2D eigenvalue weighted by Crippen LogP contribution is -2.35. The smallest absolute Gasteiger partial charge is 0.329 e. The van der Waals surface area contributed by atoms with E-state index in [0.29, 0.717) is 10.5 Å². The molecule has 1 aromatic carbocycles. The van der Waals surface area contributed by atoms with E-state index in [-0.39, 0.29) is 17.2 Å². The van der Waals surface area contributed by atoms with Gasteiger partial charge in [0.25, 0.3) is 5.91 Å². The molecule has 8 nitrogen and oxygen atoms in total. The maximum atomic E-state index is 11.9. The van der Waals surface area contributed by atoms with Crippen LogP contribution in [0.4, 0.5) is 4.79 Å². The van der Waals surface area contributed by atoms with Gasteiger partial charge in [-0.15, -0.1) is 0 Å². The molecule has 0 bridgehead atoms. The lowest BCUT2D eigenvalue weighted by Gasteiger charge is -2.07. The van der Waals surface area contributed by atoms with Gasteiger partial charge in [-0.2, -0.15) is 0 Å². The van der Waals surface area contributed by atoms with Crippen molar-refractivity contribution in [3.63, 3.8) is 0 Å². The minimum atomic E-state index is -1.29. The van der Waals surface area contributed by atoms with Crippen molar-refractivity contribution >= 4 is 24.0 Å². The van der Waals surface area contributed by atoms with Gasteiger partial charge in [-0.05, 0) is 23.8 Å². The van der Waals surface area contributed by atoms with Gasteiger partial charge >= 0.3 is 12.0 Å². The van der Waals surface area contributed by atoms with Crippen LogP contribution in [0.3, 0.4) is 0 Å². The Labute approximate surface area is 119 Å². The van der Waals surface area contributed by atoms with Crippen molar-refractivity contribution < 1.29 is 29.3 Å². The number of imide groups is 1. The van der Waals surface area contributed by atoms with E-state index in [2.05, 4.69) is 5.32 Å². The molecular weight excluding hydrogens is 280 g/mol. The highest BCUT2D eigenvalue weighted by Crippen LogP contribution is 2.27. The third-order valence-electron chi connectivity index (χ3n) is 2.77. The second kappa shape index (κ2) is 5.53. The van der Waals surface area contributed by atoms with Crippen LogP contribution in [0.5, 0.6) is 11.5 Å². The van der Waals surface area contributed by atoms with Gasteiger partial charge in [0, 0.05) is 0 Å². The summed E-state index contributed by atoms with van der Waals surface area (Å²) in [4.78, 5) is 34.6. The molecule has 8 heteroatoms. The van der Waals surface area contributed by atoms with Crippen LogP contribution in [0.25, 0.3) is 6.08 Å². The average Bonchev–Trinajstić information content (AvgIpc) is 2.66. The lowest BCUT2D eigenvalue weighted by atomic mass is 10.1. The molecule has 110 valence electrons. The van der Waals surface area contributed by atoms with Gasteiger partial charge in [-0.3, -0.25) is 9.59 Å². The summed E-state index contributed by atoms with van der Waals surface area (Å²) < 4.78 is 4.89. The Morgan fingerprint density at radius 2 is 2.14 bits per heavy atom. The predicted molar refractivity (Wildman–Crippen MR) is 70.5 cm³/mol. The van der Waals surface area contributed by atoms with Crippen LogP contribution in [0.1, 0.15) is 5.56 Å². The first-order valence-electron chi connectivity index (χ1n) is 5.85. The number of benzene rings is 1. The molecule has 0 aliphatic carbocycles. The largest absolute Gasteiger partial charge is 0.504 e. The van der Waals surface area contributed by atoms with Gasteiger partial charge in [0.15, 0.2) is 11.5 Å². The summed E-state index contributed by atoms with van der Waals surface area (Å²) in [6, 6.07) is 3.62. The number of carbonyl (C=O) groups excluding carboxylic acids is 2. The van der Waals surface area contributed by atoms with Crippen LogP contribution in [0.15, 0.2) is 23.9 Å². The zero-order chi connectivity index (χ0) is 15.6. The van der Waals surface area contributed by atoms with E-state index in [1.54, 1.807) is 6.07 Å². The van der Waals surface area contributed by atoms with Crippen molar-refractivity contribution in [2.24, 2.45) is 0 Å². The number of carboxylic acid groups (broad SMARTS) is 1. The quantitative estimate of drug-likeness (QED) is 0.545. The van der Waals surface area contributed by atoms with Gasteiger partial charge in [0.05, 0.1) is 7.11 Å². The number of phenols is 1. The van der Waals surface area contributed by atoms with Crippen molar-refractivity contribution in [1.29, 1.82) is 0 Å². The van der Waals surface area contributed by atoms with Crippen LogP contribution in [0, 0.1) is 0 Å². The summed E-state index contributed by atoms with van der Waals surface area (Å²) >= 11 is 0. The van der Waals surface area contributed by atoms with E-state index in [9.17, 15) is 19.5 Å². The highest BCUT2D eigenvalue weighted by Gasteiger charge is 2.34. The van der Waals surface area contributed by atoms with Crippen molar-refractivity contribution in [3.05, 3.63) is 29.5 Å². The third-order valence-corrected chi connectivity index (χ3v) is 2.77. The number of carboxylic acids is 1. The second-order valence-electron chi connectivity index (χ2n) is 4.20. The summed E-state index contributed by atoms with van der Waals surface area (Å²) in [5, 5.41) is 20.6. The molecule has 0 spiro atoms. The van der Waals surface area contributed by atoms with E-state index in [1.807, 2.05) is 0 Å². The predicted octanol–water partition coefficient (Wildman–Crippen LogP) is 0.378. The maximum absolute atomic E-state index is 11.9. The Morgan fingerprint density at radius 3 is 2.71 bits per heavy atom. The average molecular weight is 292 g/mol. The van der Waals surface area contributed by atoms with E-state index in [1.165, 1.54) is 25.3 Å². The SMILES string of the molecule is COc1ccc(C=C2NC(=O)N(CC(=O)O)C2=O)cc1O. The third kappa shape index (κ3) is 2.94. The minimum absolute atomic E-state index is 0.0641. The fourth-order valence-electron chi connectivity index (χ4n) is 1.81. The second-order valence-corrected chi connectivity index (χ2v) is 4.20. The number of aliphatic carboxylic acids is 1. The molecule has 0 saturated carbocycles. The fraction of sp³-hybridized carbons (Fsp3) is 0.154. The highest BCUT2D eigenvalue weighted by atomic mass is 16.5. The first-order chi connectivity index (χ1) is 9.92. The molecule has 1 aliphatic heterocycles. The zero-order valence-corrected chi connectivity index (χ0v) is 11.0. The molecule has 0 atom stereocenters. The summed E-state index contributed by atoms with van der Waals surface area (Å²) in [6.07, 6.45) is 1.33. The van der Waals surface area contributed by atoms with Crippen molar-refractivity contribution in [2.45, 2.75) is 0 Å². The number of hydrogen-bond acceptors (Lipinski definition) is 5. The Morgan fingerprint density at radius 1 is 1.43 bits per heavy atom. The van der Waals surface area contributed by atoms with Crippen molar-refractivity contribution in [2.75, 3.05) is 13.7 Å². The molecule has 2 rings (SSSR count). The molecule has 3 N–H and O–H groups in total. The number of phenolic OH excluding ortho intramolecular Hbond substituents is 1. The summed E-state index contributed by atoms with van der Waals surface area (Å²) in [7, 11) is 1.40. The molecule has 1 aliphatic rings. The van der Waals surface area contributed by atoms with E-state index < -0.39 is 24.5 Å². The first kappa shape index (κ1) is 14.4. The van der Waals surface area contributed by atoms with Crippen LogP contribution < -0.4 is 10.1 Å². The topological polar surface area (TPSA) is 116 Å². The molecule has 1 saturated heterocycles. The van der Waals surface area contributed by atoms with Crippen LogP contribution in [0.2, 0.25) is 0 Å². The van der Waals surface area contributed by atoms with Crippen LogP contribution >= 0.6 is 0 Å². The number of ether oxygens (including phenoxy) is 1. The molecule has 3 amide bonds. The molecule has 1 fully saturated rings. The standard InChI is InChI=1S/C13H12N2O6/c1-21-10-3-2-7(5-9(10)16)4-8-12(19)15(6-11(17)18)13(20)14-8/h2-5,16H,6H2,1H3,(H,14,20)(H,17,18). The molecule has 1 heterocycles. The molecule has 0 aromatic heterocycles. The van der Waals surface area contributed by atoms with Gasteiger partial charge in [0.1, 0.15) is 12.2 Å². The number of urea groups is 1. The molecule has 0 unspecified atom stereocenters. The minimum Gasteiger partial charge on any atom is -0.504 e. The van der Waals surface area contributed by atoms with E-state index in [0.717, 1.165) is 0 Å². The normalized spacial score (nSPS) is 16.2. The molecule has 1 aromatic rings. The van der Waals surface area contributed by atoms with Crippen LogP contribution in [-0.2, 0) is 9.59 Å². The Kier molecular flexibility index (Phi) is 3.79. The number of amides is 3. The monoisotopic (exact) mass is 292 g/mol. The summed E-state index contributed by atoms with van der Waals surface area (Å²) in [5.41, 5.74) is 0.389. The molecular formula is C13H12N2O6. The van der Waals surface area contributed by atoms with Crippen LogP contribution in [-0.4, -0.2) is 46.7 Å². The van der Waals surface area contributed by atoms with E-state index >= 15 is 0 Å². The van der Waals surface area contributed by atoms with Gasteiger partial charge < -0.3 is 20.3 Å². The fourth-order valence-corrected chi connectivity index (χ4v) is 1.81. The number of carbonyl (C=O) groups is 3. The Balaban J connectivity index is 2.26. The van der Waals surface area contributed by atoms with E-state index in [4.69, 9.17) is 9.84 Å². The number of methoxy groups -OCH3 is 1. The van der Waals surface area contributed by atoms with Gasteiger partial charge in [-0.25, -0.2) is 9.69 Å². The first-order valence-corrected chi connectivity index (χ1v) is 5.85.